The van der Waals surface area contributed by atoms with Gasteiger partial charge in [-0.3, -0.25) is 0 Å². The maximum atomic E-state index is 9.81. The summed E-state index contributed by atoms with van der Waals surface area (Å²) in [6, 6.07) is 17.8. The third-order valence-electron chi connectivity index (χ3n) is 2.87. The van der Waals surface area contributed by atoms with Crippen molar-refractivity contribution in [3.05, 3.63) is 54.6 Å². The molecule has 0 spiro atoms. The second kappa shape index (κ2) is 7.66. The summed E-state index contributed by atoms with van der Waals surface area (Å²) in [5.41, 5.74) is 2.15. The summed E-state index contributed by atoms with van der Waals surface area (Å²) in [4.78, 5) is 0. The lowest BCUT2D eigenvalue weighted by atomic mass is 10.1. The topological polar surface area (TPSA) is 29.5 Å². The number of benzene rings is 2. The van der Waals surface area contributed by atoms with E-state index >= 15 is 0 Å². The average Bonchev–Trinajstić information content (AvgIpc) is 2.47. The molecule has 0 fully saturated rings. The number of hydrogen-bond donors (Lipinski definition) is 1. The number of halogens is 5. The molecule has 2 aromatic rings. The highest BCUT2D eigenvalue weighted by molar-refractivity contribution is 9.30. The summed E-state index contributed by atoms with van der Waals surface area (Å²) < 4.78 is 3.87. The van der Waals surface area contributed by atoms with Gasteiger partial charge in [0.1, 0.15) is 10.8 Å². The van der Waals surface area contributed by atoms with E-state index in [-0.39, 0.29) is 0 Å². The predicted molar refractivity (Wildman–Crippen MR) is 109 cm³/mol. The minimum atomic E-state index is -1.08. The Balaban J connectivity index is 2.28. The van der Waals surface area contributed by atoms with Crippen molar-refractivity contribution < 1.29 is 9.84 Å². The second-order valence-electron chi connectivity index (χ2n) is 4.47. The predicted octanol–water partition coefficient (Wildman–Crippen LogP) is 6.38. The molecule has 0 amide bonds. The van der Waals surface area contributed by atoms with E-state index in [9.17, 15) is 5.11 Å². The van der Waals surface area contributed by atoms with E-state index in [4.69, 9.17) is 4.74 Å². The molecular weight excluding hydrogens is 612 g/mol. The summed E-state index contributed by atoms with van der Waals surface area (Å²) in [5, 5.41) is 8.90. The molecule has 0 saturated heterocycles. The van der Waals surface area contributed by atoms with Crippen molar-refractivity contribution >= 4 is 79.6 Å². The summed E-state index contributed by atoms with van der Waals surface area (Å²) in [7, 11) is 0. The van der Waals surface area contributed by atoms with Crippen molar-refractivity contribution in [2.75, 3.05) is 0 Å². The summed E-state index contributed by atoms with van der Waals surface area (Å²) >= 11 is 16.8. The van der Waals surface area contributed by atoms with E-state index in [1.165, 1.54) is 0 Å². The van der Waals surface area contributed by atoms with Crippen LogP contribution in [0.1, 0.15) is 0 Å². The van der Waals surface area contributed by atoms with Crippen molar-refractivity contribution in [2.24, 2.45) is 0 Å². The summed E-state index contributed by atoms with van der Waals surface area (Å²) in [6.45, 7) is 0. The second-order valence-corrected chi connectivity index (χ2v) is 12.2. The van der Waals surface area contributed by atoms with Crippen LogP contribution >= 0.6 is 79.6 Å². The normalized spacial score (nSPS) is 13.7. The smallest absolute Gasteiger partial charge is 0.246 e. The van der Waals surface area contributed by atoms with Gasteiger partial charge in [0.25, 0.3) is 0 Å². The highest BCUT2D eigenvalue weighted by Crippen LogP contribution is 2.52. The minimum absolute atomic E-state index is 0.645. The van der Waals surface area contributed by atoms with Gasteiger partial charge in [0.2, 0.25) is 3.42 Å². The molecule has 22 heavy (non-hydrogen) atoms. The summed E-state index contributed by atoms with van der Waals surface area (Å²) in [6.07, 6.45) is 0. The molecule has 2 rings (SSSR count). The largest absolute Gasteiger partial charge is 0.463 e. The zero-order valence-electron chi connectivity index (χ0n) is 11.0. The first kappa shape index (κ1) is 18.9. The van der Waals surface area contributed by atoms with Crippen molar-refractivity contribution in [3.8, 4) is 16.9 Å². The van der Waals surface area contributed by atoms with Gasteiger partial charge in [-0.2, -0.15) is 0 Å². The van der Waals surface area contributed by atoms with Crippen LogP contribution in [-0.2, 0) is 0 Å². The Bertz CT molecular complexity index is 629. The van der Waals surface area contributed by atoms with E-state index in [0.29, 0.717) is 5.75 Å². The molecule has 1 atom stereocenters. The third-order valence-corrected chi connectivity index (χ3v) is 10.5. The maximum Gasteiger partial charge on any atom is 0.246 e. The van der Waals surface area contributed by atoms with E-state index in [2.05, 4.69) is 79.6 Å². The van der Waals surface area contributed by atoms with Gasteiger partial charge in [0, 0.05) is 0 Å². The van der Waals surface area contributed by atoms with Crippen LogP contribution in [0.2, 0.25) is 0 Å². The lowest BCUT2D eigenvalue weighted by Gasteiger charge is -2.35. The molecule has 0 aliphatic rings. The van der Waals surface area contributed by atoms with Crippen molar-refractivity contribution in [3.63, 3.8) is 0 Å². The zero-order chi connectivity index (χ0) is 16.4. The highest BCUT2D eigenvalue weighted by Gasteiger charge is 2.52. The van der Waals surface area contributed by atoms with E-state index in [1.807, 2.05) is 54.6 Å². The first-order valence-corrected chi connectivity index (χ1v) is 10.2. The maximum absolute atomic E-state index is 9.81. The SMILES string of the molecule is OC(Br)C(Br)(Br)C(Br)(Br)Oc1cccc(-c2ccccc2)c1. The minimum Gasteiger partial charge on any atom is -0.463 e. The van der Waals surface area contributed by atoms with Crippen molar-refractivity contribution in [1.82, 2.24) is 0 Å². The Hall–Kier alpha value is 0.600. The van der Waals surface area contributed by atoms with Crippen LogP contribution in [0, 0.1) is 0 Å². The van der Waals surface area contributed by atoms with Gasteiger partial charge < -0.3 is 9.84 Å². The molecule has 1 unspecified atom stereocenters. The average molecular weight is 623 g/mol. The molecule has 1 N–H and O–H groups in total. The number of aliphatic hydroxyl groups excluding tert-OH is 1. The number of ether oxygens (including phenoxy) is 1. The van der Waals surface area contributed by atoms with Gasteiger partial charge in [-0.15, -0.1) is 0 Å². The van der Waals surface area contributed by atoms with Crippen LogP contribution in [-0.4, -0.2) is 16.8 Å². The standard InChI is InChI=1S/C15H11Br5O2/c16-13(21)14(17,18)15(19,20)22-12-8-4-7-11(9-12)10-5-2-1-3-6-10/h1-9,13,21H. The zero-order valence-corrected chi connectivity index (χ0v) is 18.9. The lowest BCUT2D eigenvalue weighted by molar-refractivity contribution is 0.186. The molecule has 2 nitrogen and oxygen atoms in total. The number of rotatable bonds is 5. The molecule has 7 heteroatoms. The van der Waals surface area contributed by atoms with Gasteiger partial charge in [0.15, 0.2) is 3.23 Å². The summed E-state index contributed by atoms with van der Waals surface area (Å²) in [5.74, 6) is 0.645. The van der Waals surface area contributed by atoms with Crippen LogP contribution in [0.25, 0.3) is 11.1 Å². The molecule has 0 heterocycles. The van der Waals surface area contributed by atoms with Gasteiger partial charge in [-0.05, 0) is 55.1 Å². The highest BCUT2D eigenvalue weighted by atomic mass is 79.9. The molecular formula is C15H11Br5O2. The first-order chi connectivity index (χ1) is 10.2. The Kier molecular flexibility index (Phi) is 6.59. The fourth-order valence-electron chi connectivity index (χ4n) is 1.72. The van der Waals surface area contributed by atoms with Crippen LogP contribution in [0.4, 0.5) is 0 Å². The van der Waals surface area contributed by atoms with Gasteiger partial charge >= 0.3 is 0 Å². The van der Waals surface area contributed by atoms with E-state index in [1.54, 1.807) is 0 Å². The van der Waals surface area contributed by atoms with Crippen LogP contribution in [0.3, 0.4) is 0 Å². The first-order valence-electron chi connectivity index (χ1n) is 6.16. The molecule has 0 aliphatic heterocycles. The van der Waals surface area contributed by atoms with Gasteiger partial charge in [-0.25, -0.2) is 0 Å². The Morgan fingerprint density at radius 1 is 0.864 bits per heavy atom. The van der Waals surface area contributed by atoms with E-state index < -0.39 is 11.7 Å². The Morgan fingerprint density at radius 2 is 1.45 bits per heavy atom. The Labute approximate surface area is 171 Å². The van der Waals surface area contributed by atoms with Crippen LogP contribution in [0.5, 0.6) is 5.75 Å². The van der Waals surface area contributed by atoms with Crippen molar-refractivity contribution in [2.45, 2.75) is 11.7 Å². The quantitative estimate of drug-likeness (QED) is 0.393. The molecule has 2 aromatic carbocycles. The molecule has 0 aromatic heterocycles. The van der Waals surface area contributed by atoms with Gasteiger partial charge in [0.05, 0.1) is 0 Å². The fraction of sp³-hybridized carbons (Fsp3) is 0.200. The number of hydrogen-bond acceptors (Lipinski definition) is 2. The third kappa shape index (κ3) is 4.36. The van der Waals surface area contributed by atoms with Gasteiger partial charge in [-0.1, -0.05) is 90.3 Å². The van der Waals surface area contributed by atoms with Crippen molar-refractivity contribution in [1.29, 1.82) is 0 Å². The fourth-order valence-corrected chi connectivity index (χ4v) is 3.63. The molecule has 0 saturated carbocycles. The molecule has 118 valence electrons. The monoisotopic (exact) mass is 618 g/mol. The van der Waals surface area contributed by atoms with Crippen LogP contribution < -0.4 is 4.74 Å². The molecule has 0 bridgehead atoms. The number of alkyl halides is 5. The molecule has 0 aliphatic carbocycles. The lowest BCUT2D eigenvalue weighted by Crippen LogP contribution is -2.45. The molecule has 0 radical (unpaired) electrons. The number of aliphatic hydroxyl groups is 1. The van der Waals surface area contributed by atoms with Crippen LogP contribution in [0.15, 0.2) is 54.6 Å². The Morgan fingerprint density at radius 3 is 2.05 bits per heavy atom. The van der Waals surface area contributed by atoms with E-state index in [0.717, 1.165) is 11.1 Å².